The number of benzene rings is 2. The van der Waals surface area contributed by atoms with Crippen LogP contribution >= 0.6 is 34.9 Å². The van der Waals surface area contributed by atoms with Crippen LogP contribution in [0.15, 0.2) is 79.4 Å². The van der Waals surface area contributed by atoms with Crippen LogP contribution in [0.5, 0.6) is 0 Å². The zero-order chi connectivity index (χ0) is 23.5. The number of thioether (sulfide) groups is 2. The summed E-state index contributed by atoms with van der Waals surface area (Å²) in [5.74, 6) is -0.445. The lowest BCUT2D eigenvalue weighted by Crippen LogP contribution is -2.39. The number of hydrogen-bond acceptors (Lipinski definition) is 7. The molecule has 2 aromatic carbocycles. The molecule has 1 aliphatic rings. The minimum Gasteiger partial charge on any atom is -0.463 e. The first-order chi connectivity index (χ1) is 16.0. The normalized spacial score (nSPS) is 15.9. The summed E-state index contributed by atoms with van der Waals surface area (Å²) in [6, 6.07) is 15.4. The van der Waals surface area contributed by atoms with Gasteiger partial charge in [0.25, 0.3) is 5.56 Å². The molecule has 4 rings (SSSR count). The average molecular weight is 497 g/mol. The maximum atomic E-state index is 13.6. The van der Waals surface area contributed by atoms with E-state index in [0.29, 0.717) is 20.6 Å². The second-order valence-electron chi connectivity index (χ2n) is 7.35. The van der Waals surface area contributed by atoms with Gasteiger partial charge >= 0.3 is 5.97 Å². The molecular weight excluding hydrogens is 472 g/mol. The maximum absolute atomic E-state index is 13.6. The second kappa shape index (κ2) is 10.2. The molecule has 5 nitrogen and oxygen atoms in total. The number of nitrogens with zero attached hydrogens (tertiary/aromatic N) is 2. The van der Waals surface area contributed by atoms with Crippen LogP contribution in [0.25, 0.3) is 6.08 Å². The van der Waals surface area contributed by atoms with Crippen molar-refractivity contribution in [3.63, 3.8) is 0 Å². The lowest BCUT2D eigenvalue weighted by Gasteiger charge is -2.24. The Morgan fingerprint density at radius 2 is 1.70 bits per heavy atom. The molecule has 0 spiro atoms. The summed E-state index contributed by atoms with van der Waals surface area (Å²) in [5, 5.41) is 0. The molecule has 8 heteroatoms. The van der Waals surface area contributed by atoms with Crippen molar-refractivity contribution >= 4 is 46.9 Å². The van der Waals surface area contributed by atoms with Gasteiger partial charge in [-0.25, -0.2) is 9.79 Å². The van der Waals surface area contributed by atoms with Crippen LogP contribution < -0.4 is 14.9 Å². The fraction of sp³-hybridized carbons (Fsp3) is 0.240. The number of esters is 1. The molecule has 0 amide bonds. The number of fused-ring (bicyclic) bond motifs is 1. The van der Waals surface area contributed by atoms with Crippen LogP contribution in [0, 0.1) is 0 Å². The number of allylic oxidation sites excluding steroid dienone is 1. The number of thiazole rings is 1. The average Bonchev–Trinajstić information content (AvgIpc) is 3.13. The van der Waals surface area contributed by atoms with E-state index in [1.54, 1.807) is 41.9 Å². The highest BCUT2D eigenvalue weighted by Gasteiger charge is 2.33. The van der Waals surface area contributed by atoms with Crippen LogP contribution in [-0.2, 0) is 9.53 Å². The fourth-order valence-electron chi connectivity index (χ4n) is 3.74. The molecular formula is C25H24N2O3S3. The maximum Gasteiger partial charge on any atom is 0.338 e. The Morgan fingerprint density at radius 1 is 1.09 bits per heavy atom. The molecule has 0 N–H and O–H groups in total. The molecule has 2 heterocycles. The molecule has 170 valence electrons. The number of carbonyl (C=O) groups is 1. The highest BCUT2D eigenvalue weighted by Crippen LogP contribution is 2.31. The predicted molar refractivity (Wildman–Crippen MR) is 137 cm³/mol. The van der Waals surface area contributed by atoms with Crippen molar-refractivity contribution in [2.75, 3.05) is 19.1 Å². The lowest BCUT2D eigenvalue weighted by molar-refractivity contribution is -0.139. The van der Waals surface area contributed by atoms with E-state index in [1.807, 2.05) is 67.1 Å². The Labute approximate surface area is 204 Å². The van der Waals surface area contributed by atoms with Gasteiger partial charge < -0.3 is 4.74 Å². The first kappa shape index (κ1) is 23.6. The summed E-state index contributed by atoms with van der Waals surface area (Å²) < 4.78 is 7.55. The highest BCUT2D eigenvalue weighted by molar-refractivity contribution is 7.98. The molecule has 0 fully saturated rings. The van der Waals surface area contributed by atoms with E-state index in [4.69, 9.17) is 4.74 Å². The van der Waals surface area contributed by atoms with Crippen LogP contribution in [0.4, 0.5) is 0 Å². The standard InChI is InChI=1S/C25H24N2O3S3/c1-5-30-24(29)21-15(2)26-25-27(22(21)17-8-12-19(32-4)13-9-17)23(28)20(33-25)14-16-6-10-18(31-3)11-7-16/h6-14,22H,5H2,1-4H3/t22-/m1/s1. The smallest absolute Gasteiger partial charge is 0.338 e. The van der Waals surface area contributed by atoms with Gasteiger partial charge in [-0.15, -0.1) is 23.5 Å². The van der Waals surface area contributed by atoms with Gasteiger partial charge in [0, 0.05) is 9.79 Å². The van der Waals surface area contributed by atoms with Crippen molar-refractivity contribution in [1.82, 2.24) is 4.57 Å². The van der Waals surface area contributed by atoms with Gasteiger partial charge in [-0.3, -0.25) is 9.36 Å². The van der Waals surface area contributed by atoms with E-state index < -0.39 is 12.0 Å². The summed E-state index contributed by atoms with van der Waals surface area (Å²) >= 11 is 4.65. The van der Waals surface area contributed by atoms with Gasteiger partial charge in [-0.2, -0.15) is 0 Å². The quantitative estimate of drug-likeness (QED) is 0.377. The molecule has 0 saturated heterocycles. The van der Waals surface area contributed by atoms with Gasteiger partial charge in [-0.1, -0.05) is 35.6 Å². The van der Waals surface area contributed by atoms with E-state index in [9.17, 15) is 9.59 Å². The van der Waals surface area contributed by atoms with E-state index in [-0.39, 0.29) is 12.2 Å². The number of carbonyl (C=O) groups excluding carboxylic acids is 1. The molecule has 3 aromatic rings. The van der Waals surface area contributed by atoms with E-state index in [1.165, 1.54) is 11.3 Å². The van der Waals surface area contributed by atoms with Crippen molar-refractivity contribution in [2.45, 2.75) is 29.7 Å². The Bertz CT molecular complexity index is 1380. The summed E-state index contributed by atoms with van der Waals surface area (Å²) in [4.78, 5) is 34.0. The van der Waals surface area contributed by atoms with Crippen molar-refractivity contribution in [2.24, 2.45) is 4.99 Å². The van der Waals surface area contributed by atoms with Gasteiger partial charge in [0.1, 0.15) is 0 Å². The Balaban J connectivity index is 1.90. The Hall–Kier alpha value is -2.55. The van der Waals surface area contributed by atoms with Gasteiger partial charge in [-0.05, 0) is 67.8 Å². The van der Waals surface area contributed by atoms with Crippen LogP contribution in [0.2, 0.25) is 0 Å². The van der Waals surface area contributed by atoms with E-state index in [0.717, 1.165) is 20.9 Å². The molecule has 33 heavy (non-hydrogen) atoms. The monoisotopic (exact) mass is 496 g/mol. The summed E-state index contributed by atoms with van der Waals surface area (Å²) in [6.45, 7) is 3.82. The van der Waals surface area contributed by atoms with Crippen LogP contribution in [-0.4, -0.2) is 29.7 Å². The SMILES string of the molecule is CCOC(=O)C1=C(C)N=c2sc(=Cc3ccc(SC)cc3)c(=O)n2[C@@H]1c1ccc(SC)cc1. The van der Waals surface area contributed by atoms with E-state index >= 15 is 0 Å². The first-order valence-electron chi connectivity index (χ1n) is 10.4. The summed E-state index contributed by atoms with van der Waals surface area (Å²) in [6.07, 6.45) is 5.92. The van der Waals surface area contributed by atoms with Crippen LogP contribution in [0.3, 0.4) is 0 Å². The van der Waals surface area contributed by atoms with Gasteiger partial charge in [0.15, 0.2) is 4.80 Å². The third-order valence-electron chi connectivity index (χ3n) is 5.36. The number of rotatable bonds is 6. The molecule has 0 bridgehead atoms. The highest BCUT2D eigenvalue weighted by atomic mass is 32.2. The number of aromatic nitrogens is 1. The topological polar surface area (TPSA) is 60.7 Å². The Morgan fingerprint density at radius 3 is 2.27 bits per heavy atom. The van der Waals surface area contributed by atoms with Crippen molar-refractivity contribution in [1.29, 1.82) is 0 Å². The molecule has 0 radical (unpaired) electrons. The number of hydrogen-bond donors (Lipinski definition) is 0. The minimum absolute atomic E-state index is 0.166. The van der Waals surface area contributed by atoms with Gasteiger partial charge in [0.2, 0.25) is 0 Å². The van der Waals surface area contributed by atoms with Crippen LogP contribution in [0.1, 0.15) is 31.0 Å². The molecule has 1 aliphatic heterocycles. The summed E-state index contributed by atoms with van der Waals surface area (Å²) in [5.41, 5.74) is 2.60. The van der Waals surface area contributed by atoms with Crippen molar-refractivity contribution in [3.8, 4) is 0 Å². The number of ether oxygens (including phenoxy) is 1. The van der Waals surface area contributed by atoms with E-state index in [2.05, 4.69) is 4.99 Å². The Kier molecular flexibility index (Phi) is 7.26. The zero-order valence-electron chi connectivity index (χ0n) is 18.8. The molecule has 1 aromatic heterocycles. The van der Waals surface area contributed by atoms with Gasteiger partial charge in [0.05, 0.1) is 28.5 Å². The zero-order valence-corrected chi connectivity index (χ0v) is 21.3. The fourth-order valence-corrected chi connectivity index (χ4v) is 5.61. The summed E-state index contributed by atoms with van der Waals surface area (Å²) in [7, 11) is 0. The molecule has 0 aliphatic carbocycles. The third-order valence-corrected chi connectivity index (χ3v) is 7.83. The minimum atomic E-state index is -0.586. The van der Waals surface area contributed by atoms with Crippen molar-refractivity contribution in [3.05, 3.63) is 90.6 Å². The third kappa shape index (κ3) is 4.74. The molecule has 1 atom stereocenters. The lowest BCUT2D eigenvalue weighted by atomic mass is 9.96. The first-order valence-corrected chi connectivity index (χ1v) is 13.7. The second-order valence-corrected chi connectivity index (χ2v) is 10.1. The largest absolute Gasteiger partial charge is 0.463 e. The molecule has 0 unspecified atom stereocenters. The molecule has 0 saturated carbocycles. The predicted octanol–water partition coefficient (Wildman–Crippen LogP) is 4.24. The van der Waals surface area contributed by atoms with Crippen molar-refractivity contribution < 1.29 is 9.53 Å².